The van der Waals surface area contributed by atoms with Crippen LogP contribution < -0.4 is 0 Å². The van der Waals surface area contributed by atoms with E-state index >= 15 is 0 Å². The second kappa shape index (κ2) is 5.08. The number of hydrogen-bond acceptors (Lipinski definition) is 2. The molecular formula is C12H11F6NO. The van der Waals surface area contributed by atoms with Crippen molar-refractivity contribution in [2.24, 2.45) is 0 Å². The van der Waals surface area contributed by atoms with Crippen LogP contribution in [0.2, 0.25) is 0 Å². The van der Waals surface area contributed by atoms with E-state index in [1.807, 2.05) is 0 Å². The second-order valence-electron chi connectivity index (χ2n) is 4.39. The van der Waals surface area contributed by atoms with Crippen molar-refractivity contribution in [3.63, 3.8) is 0 Å². The van der Waals surface area contributed by atoms with Gasteiger partial charge in [0.1, 0.15) is 0 Å². The number of halogens is 6. The minimum atomic E-state index is -5.83. The topological polar surface area (TPSA) is 44.1 Å². The Morgan fingerprint density at radius 1 is 1.00 bits per heavy atom. The molecule has 112 valence electrons. The molecular weight excluding hydrogens is 288 g/mol. The van der Waals surface area contributed by atoms with Gasteiger partial charge < -0.3 is 10.5 Å². The Kier molecular flexibility index (Phi) is 4.19. The predicted octanol–water partition coefficient (Wildman–Crippen LogP) is 3.69. The van der Waals surface area contributed by atoms with Crippen molar-refractivity contribution in [2.75, 3.05) is 0 Å². The lowest BCUT2D eigenvalue weighted by Crippen LogP contribution is -2.56. The summed E-state index contributed by atoms with van der Waals surface area (Å²) in [5.41, 5.74) is -4.89. The van der Waals surface area contributed by atoms with Gasteiger partial charge in [-0.05, 0) is 24.6 Å². The van der Waals surface area contributed by atoms with E-state index in [4.69, 9.17) is 10.5 Å². The molecule has 0 spiro atoms. The lowest BCUT2D eigenvalue weighted by atomic mass is 9.90. The SMILES string of the molecule is CC(CC(O)(C(F)(F)F)C(F)(F)F)=C1C=CC(=N)C=C1. The lowest BCUT2D eigenvalue weighted by molar-refractivity contribution is -0.367. The van der Waals surface area contributed by atoms with E-state index in [0.717, 1.165) is 6.92 Å². The quantitative estimate of drug-likeness (QED) is 0.750. The number of nitrogens with one attached hydrogen (secondary N) is 1. The van der Waals surface area contributed by atoms with Crippen LogP contribution in [0.4, 0.5) is 26.3 Å². The molecule has 2 nitrogen and oxygen atoms in total. The van der Waals surface area contributed by atoms with Crippen LogP contribution in [0, 0.1) is 5.41 Å². The highest BCUT2D eigenvalue weighted by molar-refractivity contribution is 6.03. The summed E-state index contributed by atoms with van der Waals surface area (Å²) in [4.78, 5) is 0. The molecule has 0 aliphatic heterocycles. The molecule has 0 saturated carbocycles. The standard InChI is InChI=1S/C12H11F6NO/c1-7(8-2-4-9(19)5-3-8)6-10(20,11(13,14)15)12(16,17)18/h2-5,19-20H,6H2,1H3. The monoisotopic (exact) mass is 299 g/mol. The van der Waals surface area contributed by atoms with Crippen molar-refractivity contribution in [2.45, 2.75) is 31.3 Å². The van der Waals surface area contributed by atoms with Gasteiger partial charge in [0, 0.05) is 6.42 Å². The van der Waals surface area contributed by atoms with Gasteiger partial charge in [-0.15, -0.1) is 0 Å². The maximum Gasteiger partial charge on any atom is 0.426 e. The first kappa shape index (κ1) is 16.5. The minimum Gasteiger partial charge on any atom is -0.373 e. The van der Waals surface area contributed by atoms with Crippen molar-refractivity contribution in [1.29, 1.82) is 5.41 Å². The second-order valence-corrected chi connectivity index (χ2v) is 4.39. The average Bonchev–Trinajstić information content (AvgIpc) is 2.26. The van der Waals surface area contributed by atoms with Crippen LogP contribution in [0.15, 0.2) is 35.5 Å². The summed E-state index contributed by atoms with van der Waals surface area (Å²) in [6.07, 6.45) is -8.35. The molecule has 1 rings (SSSR count). The van der Waals surface area contributed by atoms with Gasteiger partial charge in [-0.2, -0.15) is 26.3 Å². The van der Waals surface area contributed by atoms with E-state index in [1.165, 1.54) is 24.3 Å². The molecule has 0 fully saturated rings. The van der Waals surface area contributed by atoms with E-state index in [0.29, 0.717) is 0 Å². The van der Waals surface area contributed by atoms with Crippen LogP contribution in [0.25, 0.3) is 0 Å². The Hall–Kier alpha value is -1.57. The zero-order chi connectivity index (χ0) is 15.8. The fourth-order valence-electron chi connectivity index (χ4n) is 1.60. The molecule has 0 aromatic carbocycles. The van der Waals surface area contributed by atoms with E-state index in [1.54, 1.807) is 0 Å². The summed E-state index contributed by atoms with van der Waals surface area (Å²) < 4.78 is 75.2. The molecule has 1 aliphatic carbocycles. The molecule has 1 aliphatic rings. The molecule has 0 bridgehead atoms. The Morgan fingerprint density at radius 2 is 1.40 bits per heavy atom. The van der Waals surface area contributed by atoms with E-state index in [2.05, 4.69) is 0 Å². The summed E-state index contributed by atoms with van der Waals surface area (Å²) in [6, 6.07) is 0. The smallest absolute Gasteiger partial charge is 0.373 e. The first-order chi connectivity index (χ1) is 8.88. The highest BCUT2D eigenvalue weighted by Gasteiger charge is 2.70. The molecule has 20 heavy (non-hydrogen) atoms. The van der Waals surface area contributed by atoms with Crippen molar-refractivity contribution in [1.82, 2.24) is 0 Å². The molecule has 0 aromatic heterocycles. The van der Waals surface area contributed by atoms with E-state index in [-0.39, 0.29) is 16.9 Å². The third-order valence-corrected chi connectivity index (χ3v) is 2.84. The predicted molar refractivity (Wildman–Crippen MR) is 60.4 cm³/mol. The normalized spacial score (nSPS) is 16.8. The summed E-state index contributed by atoms with van der Waals surface area (Å²) in [5, 5.41) is 16.3. The molecule has 0 radical (unpaired) electrons. The highest BCUT2D eigenvalue weighted by Crippen LogP contribution is 2.47. The molecule has 8 heteroatoms. The fourth-order valence-corrected chi connectivity index (χ4v) is 1.60. The van der Waals surface area contributed by atoms with Crippen LogP contribution in [0.5, 0.6) is 0 Å². The van der Waals surface area contributed by atoms with Crippen LogP contribution >= 0.6 is 0 Å². The third-order valence-electron chi connectivity index (χ3n) is 2.84. The molecule has 0 saturated heterocycles. The fraction of sp³-hybridized carbons (Fsp3) is 0.417. The van der Waals surface area contributed by atoms with Crippen molar-refractivity contribution >= 4 is 5.71 Å². The third kappa shape index (κ3) is 3.12. The van der Waals surface area contributed by atoms with Gasteiger partial charge in [0.25, 0.3) is 5.60 Å². The van der Waals surface area contributed by atoms with Crippen LogP contribution in [-0.4, -0.2) is 28.8 Å². The Balaban J connectivity index is 3.16. The van der Waals surface area contributed by atoms with E-state index in [9.17, 15) is 26.3 Å². The van der Waals surface area contributed by atoms with E-state index < -0.39 is 24.4 Å². The lowest BCUT2D eigenvalue weighted by Gasteiger charge is -2.33. The molecule has 0 unspecified atom stereocenters. The van der Waals surface area contributed by atoms with Gasteiger partial charge in [-0.1, -0.05) is 17.7 Å². The molecule has 0 aromatic rings. The number of rotatable bonds is 2. The summed E-state index contributed by atoms with van der Waals surface area (Å²) >= 11 is 0. The van der Waals surface area contributed by atoms with Crippen molar-refractivity contribution in [3.8, 4) is 0 Å². The van der Waals surface area contributed by atoms with Gasteiger partial charge in [-0.25, -0.2) is 0 Å². The maximum atomic E-state index is 12.5. The van der Waals surface area contributed by atoms with Crippen LogP contribution in [0.3, 0.4) is 0 Å². The van der Waals surface area contributed by atoms with Crippen LogP contribution in [-0.2, 0) is 0 Å². The molecule has 0 amide bonds. The summed E-state index contributed by atoms with van der Waals surface area (Å²) in [6.45, 7) is 1.07. The zero-order valence-corrected chi connectivity index (χ0v) is 10.2. The highest BCUT2D eigenvalue weighted by atomic mass is 19.4. The average molecular weight is 299 g/mol. The number of alkyl halides is 6. The molecule has 0 atom stereocenters. The van der Waals surface area contributed by atoms with Gasteiger partial charge in [-0.3, -0.25) is 0 Å². The van der Waals surface area contributed by atoms with Crippen molar-refractivity contribution in [3.05, 3.63) is 35.5 Å². The number of allylic oxidation sites excluding steroid dienone is 5. The van der Waals surface area contributed by atoms with Gasteiger partial charge in [0.05, 0.1) is 5.71 Å². The van der Waals surface area contributed by atoms with Crippen molar-refractivity contribution < 1.29 is 31.4 Å². The molecule has 0 heterocycles. The minimum absolute atomic E-state index is 0.0726. The first-order valence-corrected chi connectivity index (χ1v) is 5.39. The Labute approximate surface area is 110 Å². The Morgan fingerprint density at radius 3 is 1.75 bits per heavy atom. The summed E-state index contributed by atoms with van der Waals surface area (Å²) in [7, 11) is 0. The number of hydrogen-bond donors (Lipinski definition) is 2. The van der Waals surface area contributed by atoms with Gasteiger partial charge in [0.15, 0.2) is 0 Å². The van der Waals surface area contributed by atoms with Gasteiger partial charge in [0.2, 0.25) is 0 Å². The maximum absolute atomic E-state index is 12.5. The van der Waals surface area contributed by atoms with Gasteiger partial charge >= 0.3 is 12.4 Å². The first-order valence-electron chi connectivity index (χ1n) is 5.39. The summed E-state index contributed by atoms with van der Waals surface area (Å²) in [5.74, 6) is 0. The number of aliphatic hydroxyl groups is 1. The molecule has 2 N–H and O–H groups in total. The van der Waals surface area contributed by atoms with Crippen LogP contribution in [0.1, 0.15) is 13.3 Å². The zero-order valence-electron chi connectivity index (χ0n) is 10.2. The Bertz CT molecular complexity index is 463. The largest absolute Gasteiger partial charge is 0.426 e.